The van der Waals surface area contributed by atoms with Crippen LogP contribution in [0.1, 0.15) is 22.6 Å². The first-order valence-corrected chi connectivity index (χ1v) is 4.29. The van der Waals surface area contributed by atoms with Crippen molar-refractivity contribution in [2.24, 2.45) is 0 Å². The van der Waals surface area contributed by atoms with Crippen molar-refractivity contribution in [3.05, 3.63) is 16.6 Å². The van der Waals surface area contributed by atoms with Gasteiger partial charge in [-0.15, -0.1) is 0 Å². The molecule has 0 saturated heterocycles. The molecule has 84 valence electrons. The summed E-state index contributed by atoms with van der Waals surface area (Å²) < 4.78 is 4.15. The first-order valence-electron chi connectivity index (χ1n) is 4.29. The second-order valence-corrected chi connectivity index (χ2v) is 2.72. The average Bonchev–Trinajstić information content (AvgIpc) is 2.59. The molecule has 1 rings (SSSR count). The molecule has 0 aliphatic rings. The van der Waals surface area contributed by atoms with E-state index < -0.39 is 12.5 Å². The Hall–Kier alpha value is -1.67. The summed E-state index contributed by atoms with van der Waals surface area (Å²) in [4.78, 5) is 11.3. The Morgan fingerprint density at radius 2 is 2.33 bits per heavy atom. The Labute approximate surface area is 84.7 Å². The summed E-state index contributed by atoms with van der Waals surface area (Å²) in [5, 5.41) is 33.7. The number of aromatic nitrogens is 2. The minimum absolute atomic E-state index is 0.0268. The molecule has 1 heterocycles. The van der Waals surface area contributed by atoms with Crippen LogP contribution in [0.5, 0.6) is 0 Å². The number of carbonyl (C=O) groups excluding carboxylic acids is 1. The van der Waals surface area contributed by atoms with Crippen molar-refractivity contribution in [2.75, 3.05) is 13.2 Å². The van der Waals surface area contributed by atoms with Gasteiger partial charge in [-0.25, -0.2) is 0 Å². The van der Waals surface area contributed by atoms with Crippen molar-refractivity contribution in [3.8, 4) is 0 Å². The van der Waals surface area contributed by atoms with Crippen LogP contribution in [-0.4, -0.2) is 34.4 Å². The second-order valence-electron chi connectivity index (χ2n) is 2.72. The first kappa shape index (κ1) is 11.4. The normalized spacial score (nSPS) is 10.3. The Balaban J connectivity index is 2.65. The van der Waals surface area contributed by atoms with E-state index in [9.17, 15) is 10.0 Å². The van der Waals surface area contributed by atoms with Crippen molar-refractivity contribution < 1.29 is 24.5 Å². The number of aliphatic hydroxyl groups is 2. The highest BCUT2D eigenvalue weighted by Crippen LogP contribution is 2.00. The van der Waals surface area contributed by atoms with E-state index in [1.807, 2.05) is 0 Å². The minimum atomic E-state index is -0.629. The predicted molar refractivity (Wildman–Crippen MR) is 45.4 cm³/mol. The van der Waals surface area contributed by atoms with Crippen LogP contribution < -0.4 is 10.2 Å². The minimum Gasteiger partial charge on any atom is -0.396 e. The molecule has 0 bridgehead atoms. The molecule has 0 atom stereocenters. The molecule has 15 heavy (non-hydrogen) atoms. The van der Waals surface area contributed by atoms with Crippen molar-refractivity contribution in [1.29, 1.82) is 0 Å². The molecule has 0 aliphatic carbocycles. The molecule has 0 unspecified atom stereocenters. The molecule has 0 aromatic carbocycles. The Morgan fingerprint density at radius 3 is 2.93 bits per heavy atom. The molecule has 8 nitrogen and oxygen atoms in total. The third kappa shape index (κ3) is 2.64. The van der Waals surface area contributed by atoms with Crippen molar-refractivity contribution in [2.45, 2.75) is 13.0 Å². The van der Waals surface area contributed by atoms with Gasteiger partial charge in [-0.05, 0) is 11.3 Å². The summed E-state index contributed by atoms with van der Waals surface area (Å²) in [7, 11) is 0. The lowest BCUT2D eigenvalue weighted by atomic mass is 10.3. The molecule has 0 saturated carbocycles. The van der Waals surface area contributed by atoms with E-state index in [1.165, 1.54) is 0 Å². The lowest BCUT2D eigenvalue weighted by Crippen LogP contribution is -2.32. The van der Waals surface area contributed by atoms with Gasteiger partial charge in [0.1, 0.15) is 6.61 Å². The zero-order valence-corrected chi connectivity index (χ0v) is 7.84. The van der Waals surface area contributed by atoms with Crippen LogP contribution >= 0.6 is 0 Å². The molecular weight excluding hydrogens is 206 g/mol. The summed E-state index contributed by atoms with van der Waals surface area (Å²) in [6, 6.07) is 0. The highest BCUT2D eigenvalue weighted by molar-refractivity contribution is 5.92. The molecule has 1 aromatic heterocycles. The lowest BCUT2D eigenvalue weighted by Gasteiger charge is -1.98. The van der Waals surface area contributed by atoms with Gasteiger partial charge in [0, 0.05) is 13.2 Å². The fourth-order valence-corrected chi connectivity index (χ4v) is 0.936. The number of carbonyl (C=O) groups is 1. The van der Waals surface area contributed by atoms with Crippen LogP contribution in [0.3, 0.4) is 0 Å². The Bertz CT molecular complexity index is 337. The average molecular weight is 217 g/mol. The Kier molecular flexibility index (Phi) is 4.01. The van der Waals surface area contributed by atoms with Crippen molar-refractivity contribution in [3.63, 3.8) is 0 Å². The summed E-state index contributed by atoms with van der Waals surface area (Å²) in [5.41, 5.74) is -0.484. The number of hydrogen-bond donors (Lipinski definition) is 3. The fraction of sp³-hybridized carbons (Fsp3) is 0.571. The predicted octanol–water partition coefficient (Wildman–Crippen LogP) is -2.09. The number of hydrogen-bond acceptors (Lipinski definition) is 6. The van der Waals surface area contributed by atoms with Crippen LogP contribution in [-0.2, 0) is 6.61 Å². The molecule has 8 heteroatoms. The van der Waals surface area contributed by atoms with Gasteiger partial charge in [-0.3, -0.25) is 9.42 Å². The van der Waals surface area contributed by atoms with E-state index in [2.05, 4.69) is 15.1 Å². The molecule has 0 spiro atoms. The third-order valence-electron chi connectivity index (χ3n) is 1.69. The summed E-state index contributed by atoms with van der Waals surface area (Å²) in [6.07, 6.45) is 0.398. The molecule has 0 radical (unpaired) electrons. The molecule has 0 fully saturated rings. The number of nitrogens with one attached hydrogen (secondary N) is 1. The van der Waals surface area contributed by atoms with Gasteiger partial charge < -0.3 is 20.7 Å². The van der Waals surface area contributed by atoms with Gasteiger partial charge in [0.05, 0.1) is 5.16 Å². The molecule has 1 aromatic rings. The monoisotopic (exact) mass is 217 g/mol. The van der Waals surface area contributed by atoms with Crippen LogP contribution in [0.15, 0.2) is 4.63 Å². The second kappa shape index (κ2) is 5.27. The largest absolute Gasteiger partial charge is 0.396 e. The summed E-state index contributed by atoms with van der Waals surface area (Å²) in [5.74, 6) is -0.620. The van der Waals surface area contributed by atoms with Crippen LogP contribution in [0, 0.1) is 5.21 Å². The molecule has 0 aliphatic heterocycles. The maximum atomic E-state index is 11.3. The van der Waals surface area contributed by atoms with Crippen LogP contribution in [0.4, 0.5) is 0 Å². The number of nitrogens with zero attached hydrogens (tertiary/aromatic N) is 2. The highest BCUT2D eigenvalue weighted by Gasteiger charge is 2.24. The number of aliphatic hydroxyl groups excluding tert-OH is 2. The smallest absolute Gasteiger partial charge is 0.310 e. The maximum Gasteiger partial charge on any atom is 0.310 e. The third-order valence-corrected chi connectivity index (χ3v) is 1.69. The van der Waals surface area contributed by atoms with E-state index in [0.29, 0.717) is 6.42 Å². The van der Waals surface area contributed by atoms with E-state index in [4.69, 9.17) is 10.2 Å². The highest BCUT2D eigenvalue weighted by atomic mass is 16.8. The molecular formula is C7H11N3O5. The van der Waals surface area contributed by atoms with E-state index >= 15 is 0 Å². The van der Waals surface area contributed by atoms with Crippen LogP contribution in [0.2, 0.25) is 0 Å². The van der Waals surface area contributed by atoms with Gasteiger partial charge >= 0.3 is 11.6 Å². The Morgan fingerprint density at radius 1 is 1.60 bits per heavy atom. The summed E-state index contributed by atoms with van der Waals surface area (Å²) >= 11 is 0. The van der Waals surface area contributed by atoms with E-state index in [-0.39, 0.29) is 29.4 Å². The zero-order chi connectivity index (χ0) is 11.3. The molecule has 3 N–H and O–H groups in total. The van der Waals surface area contributed by atoms with Gasteiger partial charge in [0.25, 0.3) is 0 Å². The van der Waals surface area contributed by atoms with E-state index in [1.54, 1.807) is 0 Å². The topological polar surface area (TPSA) is 123 Å². The standard InChI is InChI=1S/C7H11N3O5/c11-3-1-2-8-7(13)6-5(4-12)10(14)15-9-6/h11-12H,1-4H2,(H,8,13). The fourth-order valence-electron chi connectivity index (χ4n) is 0.936. The number of rotatable bonds is 5. The maximum absolute atomic E-state index is 11.3. The quantitative estimate of drug-likeness (QED) is 0.384. The van der Waals surface area contributed by atoms with Gasteiger partial charge in [0.2, 0.25) is 5.69 Å². The van der Waals surface area contributed by atoms with Gasteiger partial charge in [0.15, 0.2) is 0 Å². The van der Waals surface area contributed by atoms with Crippen LogP contribution in [0.25, 0.3) is 0 Å². The van der Waals surface area contributed by atoms with Gasteiger partial charge in [-0.1, -0.05) is 0 Å². The first-order chi connectivity index (χ1) is 7.20. The van der Waals surface area contributed by atoms with E-state index in [0.717, 1.165) is 0 Å². The van der Waals surface area contributed by atoms with Gasteiger partial charge in [-0.2, -0.15) is 0 Å². The summed E-state index contributed by atoms with van der Waals surface area (Å²) in [6.45, 7) is -0.421. The van der Waals surface area contributed by atoms with Crippen molar-refractivity contribution in [1.82, 2.24) is 10.5 Å². The lowest BCUT2D eigenvalue weighted by molar-refractivity contribution is -0.809. The zero-order valence-electron chi connectivity index (χ0n) is 7.84. The molecule has 1 amide bonds. The van der Waals surface area contributed by atoms with Crippen molar-refractivity contribution >= 4 is 5.91 Å². The SMILES string of the molecule is O=C(NCCCO)c1no[n+]([O-])c1CO. The number of amides is 1.